The van der Waals surface area contributed by atoms with E-state index >= 15 is 0 Å². The minimum Gasteiger partial charge on any atom is -0.497 e. The van der Waals surface area contributed by atoms with Gasteiger partial charge >= 0.3 is 0 Å². The van der Waals surface area contributed by atoms with Crippen LogP contribution in [0.15, 0.2) is 59.1 Å². The molecule has 1 amide bonds. The Morgan fingerprint density at radius 1 is 1.12 bits per heavy atom. The van der Waals surface area contributed by atoms with Crippen molar-refractivity contribution >= 4 is 5.91 Å². The van der Waals surface area contributed by atoms with Gasteiger partial charge in [0, 0.05) is 12.0 Å². The Morgan fingerprint density at radius 3 is 2.60 bits per heavy atom. The van der Waals surface area contributed by atoms with E-state index in [0.29, 0.717) is 24.6 Å². The molecule has 0 unspecified atom stereocenters. The number of nitrogens with one attached hydrogen (secondary N) is 1. The molecule has 1 aromatic heterocycles. The Morgan fingerprint density at radius 2 is 1.88 bits per heavy atom. The first-order chi connectivity index (χ1) is 12.2. The number of amides is 1. The van der Waals surface area contributed by atoms with Crippen LogP contribution in [-0.2, 0) is 17.8 Å². The molecule has 0 aliphatic heterocycles. The van der Waals surface area contributed by atoms with E-state index in [9.17, 15) is 4.79 Å². The summed E-state index contributed by atoms with van der Waals surface area (Å²) in [6.45, 7) is 0.219. The molecule has 0 aliphatic rings. The van der Waals surface area contributed by atoms with E-state index in [1.54, 1.807) is 7.11 Å². The van der Waals surface area contributed by atoms with Gasteiger partial charge in [0.25, 0.3) is 0 Å². The zero-order valence-electron chi connectivity index (χ0n) is 13.9. The highest BCUT2D eigenvalue weighted by atomic mass is 16.5. The molecule has 1 heterocycles. The number of benzene rings is 2. The summed E-state index contributed by atoms with van der Waals surface area (Å²) in [5.41, 5.74) is 1.96. The summed E-state index contributed by atoms with van der Waals surface area (Å²) in [5, 5.41) is 6.73. The number of rotatable bonds is 7. The van der Waals surface area contributed by atoms with Crippen LogP contribution < -0.4 is 10.1 Å². The Balaban J connectivity index is 1.50. The molecule has 0 aliphatic carbocycles. The van der Waals surface area contributed by atoms with Crippen molar-refractivity contribution in [3.05, 3.63) is 66.1 Å². The van der Waals surface area contributed by atoms with E-state index in [4.69, 9.17) is 9.26 Å². The third-order valence-corrected chi connectivity index (χ3v) is 3.74. The van der Waals surface area contributed by atoms with Crippen molar-refractivity contribution in [1.29, 1.82) is 0 Å². The van der Waals surface area contributed by atoms with Crippen LogP contribution >= 0.6 is 0 Å². The maximum atomic E-state index is 11.9. The van der Waals surface area contributed by atoms with Gasteiger partial charge < -0.3 is 14.6 Å². The summed E-state index contributed by atoms with van der Waals surface area (Å²) in [5.74, 6) is 1.57. The number of hydrogen-bond acceptors (Lipinski definition) is 5. The van der Waals surface area contributed by atoms with Crippen molar-refractivity contribution in [3.8, 4) is 17.1 Å². The molecule has 6 nitrogen and oxygen atoms in total. The number of carbonyl (C=O) groups excluding carboxylic acids is 1. The molecule has 0 bridgehead atoms. The van der Waals surface area contributed by atoms with Gasteiger partial charge in [0.2, 0.25) is 17.6 Å². The second kappa shape index (κ2) is 8.10. The van der Waals surface area contributed by atoms with Gasteiger partial charge in [-0.2, -0.15) is 4.98 Å². The van der Waals surface area contributed by atoms with E-state index in [1.165, 1.54) is 0 Å². The number of aryl methyl sites for hydroxylation is 1. The molecular formula is C19H19N3O3. The molecule has 6 heteroatoms. The Labute approximate surface area is 145 Å². The SMILES string of the molecule is COc1ccc(-c2noc(CNC(=O)CCc3ccccc3)n2)cc1. The summed E-state index contributed by atoms with van der Waals surface area (Å²) in [4.78, 5) is 16.2. The van der Waals surface area contributed by atoms with Gasteiger partial charge in [-0.1, -0.05) is 35.5 Å². The number of carbonyl (C=O) groups is 1. The van der Waals surface area contributed by atoms with Crippen LogP contribution in [0.4, 0.5) is 0 Å². The van der Waals surface area contributed by atoms with Crippen molar-refractivity contribution < 1.29 is 14.1 Å². The quantitative estimate of drug-likeness (QED) is 0.717. The number of methoxy groups -OCH3 is 1. The lowest BCUT2D eigenvalue weighted by Gasteiger charge is -2.02. The molecule has 0 saturated heterocycles. The monoisotopic (exact) mass is 337 g/mol. The van der Waals surface area contributed by atoms with Crippen LogP contribution in [0, 0.1) is 0 Å². The highest BCUT2D eigenvalue weighted by Gasteiger charge is 2.10. The van der Waals surface area contributed by atoms with Gasteiger partial charge in [-0.15, -0.1) is 0 Å². The van der Waals surface area contributed by atoms with Crippen LogP contribution in [0.3, 0.4) is 0 Å². The largest absolute Gasteiger partial charge is 0.497 e. The molecule has 1 N–H and O–H groups in total. The Hall–Kier alpha value is -3.15. The van der Waals surface area contributed by atoms with Crippen molar-refractivity contribution in [3.63, 3.8) is 0 Å². The average molecular weight is 337 g/mol. The van der Waals surface area contributed by atoms with Crippen LogP contribution in [0.1, 0.15) is 17.9 Å². The fraction of sp³-hybridized carbons (Fsp3) is 0.211. The molecule has 2 aromatic carbocycles. The summed E-state index contributed by atoms with van der Waals surface area (Å²) in [6.07, 6.45) is 1.12. The summed E-state index contributed by atoms with van der Waals surface area (Å²) in [7, 11) is 1.61. The Bertz CT molecular complexity index is 813. The Kier molecular flexibility index (Phi) is 5.41. The molecule has 3 rings (SSSR count). The second-order valence-corrected chi connectivity index (χ2v) is 5.50. The zero-order valence-corrected chi connectivity index (χ0v) is 13.9. The van der Waals surface area contributed by atoms with E-state index in [2.05, 4.69) is 15.5 Å². The smallest absolute Gasteiger partial charge is 0.246 e. The molecule has 0 saturated carbocycles. The van der Waals surface area contributed by atoms with E-state index in [-0.39, 0.29) is 12.5 Å². The fourth-order valence-corrected chi connectivity index (χ4v) is 2.35. The van der Waals surface area contributed by atoms with Gasteiger partial charge in [0.1, 0.15) is 5.75 Å². The van der Waals surface area contributed by atoms with Crippen molar-refractivity contribution in [2.75, 3.05) is 7.11 Å². The molecule has 0 fully saturated rings. The van der Waals surface area contributed by atoms with Gasteiger partial charge in [-0.3, -0.25) is 4.79 Å². The molecule has 0 atom stereocenters. The van der Waals surface area contributed by atoms with Crippen LogP contribution in [-0.4, -0.2) is 23.2 Å². The molecule has 128 valence electrons. The summed E-state index contributed by atoms with van der Waals surface area (Å²) < 4.78 is 10.3. The average Bonchev–Trinajstić information content (AvgIpc) is 3.14. The van der Waals surface area contributed by atoms with Crippen LogP contribution in [0.25, 0.3) is 11.4 Å². The third-order valence-electron chi connectivity index (χ3n) is 3.74. The standard InChI is InChI=1S/C19H19N3O3/c1-24-16-10-8-15(9-11-16)19-21-18(25-22-19)13-20-17(23)12-7-14-5-3-2-4-6-14/h2-6,8-11H,7,12-13H2,1H3,(H,20,23). The van der Waals surface area contributed by atoms with Crippen molar-refractivity contribution in [2.24, 2.45) is 0 Å². The summed E-state index contributed by atoms with van der Waals surface area (Å²) in [6, 6.07) is 17.3. The normalized spacial score (nSPS) is 10.4. The first-order valence-electron chi connectivity index (χ1n) is 8.02. The zero-order chi connectivity index (χ0) is 17.5. The number of aromatic nitrogens is 2. The van der Waals surface area contributed by atoms with Crippen molar-refractivity contribution in [1.82, 2.24) is 15.5 Å². The lowest BCUT2D eigenvalue weighted by atomic mass is 10.1. The third kappa shape index (κ3) is 4.67. The van der Waals surface area contributed by atoms with E-state index in [1.807, 2.05) is 54.6 Å². The molecule has 0 radical (unpaired) electrons. The number of ether oxygens (including phenoxy) is 1. The predicted octanol–water partition coefficient (Wildman–Crippen LogP) is 2.99. The van der Waals surface area contributed by atoms with Gasteiger partial charge in [-0.25, -0.2) is 0 Å². The highest BCUT2D eigenvalue weighted by molar-refractivity contribution is 5.76. The highest BCUT2D eigenvalue weighted by Crippen LogP contribution is 2.19. The van der Waals surface area contributed by atoms with Gasteiger partial charge in [-0.05, 0) is 36.2 Å². The molecular weight excluding hydrogens is 318 g/mol. The van der Waals surface area contributed by atoms with Crippen LogP contribution in [0.5, 0.6) is 5.75 Å². The molecule has 3 aromatic rings. The minimum absolute atomic E-state index is 0.0481. The number of nitrogens with zero attached hydrogens (tertiary/aromatic N) is 2. The lowest BCUT2D eigenvalue weighted by molar-refractivity contribution is -0.121. The molecule has 0 spiro atoms. The van der Waals surface area contributed by atoms with E-state index < -0.39 is 0 Å². The summed E-state index contributed by atoms with van der Waals surface area (Å²) >= 11 is 0. The number of hydrogen-bond donors (Lipinski definition) is 1. The first-order valence-corrected chi connectivity index (χ1v) is 8.02. The van der Waals surface area contributed by atoms with E-state index in [0.717, 1.165) is 16.9 Å². The molecule has 25 heavy (non-hydrogen) atoms. The van der Waals surface area contributed by atoms with Gasteiger partial charge in [0.15, 0.2) is 0 Å². The predicted molar refractivity (Wildman–Crippen MR) is 92.9 cm³/mol. The maximum absolute atomic E-state index is 11.9. The van der Waals surface area contributed by atoms with Crippen molar-refractivity contribution in [2.45, 2.75) is 19.4 Å². The van der Waals surface area contributed by atoms with Gasteiger partial charge in [0.05, 0.1) is 13.7 Å². The van der Waals surface area contributed by atoms with Crippen LogP contribution in [0.2, 0.25) is 0 Å². The maximum Gasteiger partial charge on any atom is 0.246 e. The second-order valence-electron chi connectivity index (χ2n) is 5.50. The lowest BCUT2D eigenvalue weighted by Crippen LogP contribution is -2.23. The fourth-order valence-electron chi connectivity index (χ4n) is 2.35. The minimum atomic E-state index is -0.0481. The topological polar surface area (TPSA) is 77.3 Å². The first kappa shape index (κ1) is 16.7.